The zero-order valence-electron chi connectivity index (χ0n) is 11.0. The number of carbonyl (C=O) groups excluding carboxylic acids is 1. The summed E-state index contributed by atoms with van der Waals surface area (Å²) < 4.78 is 13.5. The Hall–Kier alpha value is -2.11. The smallest absolute Gasteiger partial charge is 0.274 e. The number of benzene rings is 1. The summed E-state index contributed by atoms with van der Waals surface area (Å²) in [6, 6.07) is 2.11. The van der Waals surface area contributed by atoms with E-state index in [1.807, 2.05) is 20.8 Å². The molecule has 0 fully saturated rings. The van der Waals surface area contributed by atoms with Gasteiger partial charge in [0.05, 0.1) is 5.56 Å². The highest BCUT2D eigenvalue weighted by Gasteiger charge is 2.17. The molecule has 0 aromatic heterocycles. The van der Waals surface area contributed by atoms with Gasteiger partial charge in [-0.2, -0.15) is 5.10 Å². The molecule has 0 heterocycles. The third-order valence-electron chi connectivity index (χ3n) is 2.87. The van der Waals surface area contributed by atoms with Crippen molar-refractivity contribution in [2.75, 3.05) is 0 Å². The summed E-state index contributed by atoms with van der Waals surface area (Å²) in [4.78, 5) is 11.6. The number of phenolic OH excluding ortho intramolecular Hbond substituents is 2. The first kappa shape index (κ1) is 14.9. The molecule has 1 rings (SSSR count). The van der Waals surface area contributed by atoms with Crippen molar-refractivity contribution in [3.8, 4) is 11.5 Å². The van der Waals surface area contributed by atoms with Crippen molar-refractivity contribution < 1.29 is 19.4 Å². The predicted molar refractivity (Wildman–Crippen MR) is 69.7 cm³/mol. The molecular weight excluding hydrogens is 251 g/mol. The Morgan fingerprint density at radius 3 is 2.58 bits per heavy atom. The third kappa shape index (κ3) is 3.67. The van der Waals surface area contributed by atoms with Gasteiger partial charge in [-0.05, 0) is 24.0 Å². The molecule has 19 heavy (non-hydrogen) atoms. The van der Waals surface area contributed by atoms with Crippen LogP contribution in [0.2, 0.25) is 0 Å². The van der Waals surface area contributed by atoms with Gasteiger partial charge in [-0.3, -0.25) is 4.79 Å². The molecule has 0 aliphatic rings. The average molecular weight is 268 g/mol. The second-order valence-electron chi connectivity index (χ2n) is 4.62. The highest BCUT2D eigenvalue weighted by Crippen LogP contribution is 2.29. The molecule has 104 valence electrons. The van der Waals surface area contributed by atoms with Gasteiger partial charge in [-0.25, -0.2) is 9.82 Å². The number of nitrogens with one attached hydrogen (secondary N) is 1. The van der Waals surface area contributed by atoms with Crippen LogP contribution in [0.4, 0.5) is 4.39 Å². The van der Waals surface area contributed by atoms with E-state index < -0.39 is 23.2 Å². The van der Waals surface area contributed by atoms with E-state index in [2.05, 4.69) is 10.5 Å². The molecule has 0 bridgehead atoms. The van der Waals surface area contributed by atoms with Crippen molar-refractivity contribution in [2.45, 2.75) is 20.8 Å². The molecule has 5 nitrogen and oxygen atoms in total. The molecule has 0 aliphatic carbocycles. The zero-order chi connectivity index (χ0) is 14.6. The molecule has 3 N–H and O–H groups in total. The second kappa shape index (κ2) is 6.17. The van der Waals surface area contributed by atoms with Crippen LogP contribution in [0.1, 0.15) is 31.1 Å². The second-order valence-corrected chi connectivity index (χ2v) is 4.62. The number of carbonyl (C=O) groups is 1. The number of amides is 1. The molecule has 1 unspecified atom stereocenters. The van der Waals surface area contributed by atoms with Crippen LogP contribution in [0, 0.1) is 17.7 Å². The van der Waals surface area contributed by atoms with Gasteiger partial charge in [-0.1, -0.05) is 20.8 Å². The standard InChI is InChI=1S/C13H17FN2O3/c1-7(2)8(3)6-15-16-13(19)9-4-5-10(17)12(18)11(9)14/h4-8,17-18H,1-3H3,(H,16,19). The van der Waals surface area contributed by atoms with Crippen LogP contribution in [0.25, 0.3) is 0 Å². The molecule has 1 atom stereocenters. The number of nitrogens with zero attached hydrogens (tertiary/aromatic N) is 1. The number of phenols is 2. The van der Waals surface area contributed by atoms with Crippen molar-refractivity contribution >= 4 is 12.1 Å². The van der Waals surface area contributed by atoms with E-state index in [0.29, 0.717) is 5.92 Å². The van der Waals surface area contributed by atoms with Crippen molar-refractivity contribution in [3.05, 3.63) is 23.5 Å². The van der Waals surface area contributed by atoms with Crippen LogP contribution < -0.4 is 5.43 Å². The van der Waals surface area contributed by atoms with E-state index in [9.17, 15) is 14.3 Å². The largest absolute Gasteiger partial charge is 0.504 e. The Bertz CT molecular complexity index is 501. The van der Waals surface area contributed by atoms with Crippen molar-refractivity contribution in [1.82, 2.24) is 5.43 Å². The molecule has 1 amide bonds. The van der Waals surface area contributed by atoms with Gasteiger partial charge in [0.15, 0.2) is 17.3 Å². The van der Waals surface area contributed by atoms with E-state index >= 15 is 0 Å². The van der Waals surface area contributed by atoms with Gasteiger partial charge in [0.25, 0.3) is 5.91 Å². The molecule has 0 radical (unpaired) electrons. The van der Waals surface area contributed by atoms with E-state index in [-0.39, 0.29) is 11.5 Å². The lowest BCUT2D eigenvalue weighted by Crippen LogP contribution is -2.20. The van der Waals surface area contributed by atoms with E-state index in [4.69, 9.17) is 5.11 Å². The Morgan fingerprint density at radius 2 is 2.00 bits per heavy atom. The molecule has 0 spiro atoms. The number of hydrogen-bond acceptors (Lipinski definition) is 4. The highest BCUT2D eigenvalue weighted by molar-refractivity contribution is 5.95. The van der Waals surface area contributed by atoms with Crippen molar-refractivity contribution in [3.63, 3.8) is 0 Å². The lowest BCUT2D eigenvalue weighted by atomic mass is 10.00. The molecule has 1 aromatic carbocycles. The number of hydrazone groups is 1. The molecule has 0 aliphatic heterocycles. The maximum Gasteiger partial charge on any atom is 0.274 e. The number of hydrogen-bond donors (Lipinski definition) is 3. The number of rotatable bonds is 4. The summed E-state index contributed by atoms with van der Waals surface area (Å²) in [6.45, 7) is 5.96. The fourth-order valence-corrected chi connectivity index (χ4v) is 1.18. The maximum absolute atomic E-state index is 13.5. The third-order valence-corrected chi connectivity index (χ3v) is 2.87. The minimum Gasteiger partial charge on any atom is -0.504 e. The first-order valence-electron chi connectivity index (χ1n) is 5.88. The summed E-state index contributed by atoms with van der Waals surface area (Å²) >= 11 is 0. The Labute approximate surface area is 110 Å². The number of halogens is 1. The Balaban J connectivity index is 2.77. The van der Waals surface area contributed by atoms with Crippen LogP contribution in [-0.4, -0.2) is 22.3 Å². The lowest BCUT2D eigenvalue weighted by Gasteiger charge is -2.09. The fourth-order valence-electron chi connectivity index (χ4n) is 1.18. The van der Waals surface area contributed by atoms with Gasteiger partial charge in [0.1, 0.15) is 0 Å². The normalized spacial score (nSPS) is 12.9. The summed E-state index contributed by atoms with van der Waals surface area (Å²) in [7, 11) is 0. The van der Waals surface area contributed by atoms with Crippen molar-refractivity contribution in [2.24, 2.45) is 16.9 Å². The van der Waals surface area contributed by atoms with Crippen LogP contribution >= 0.6 is 0 Å². The lowest BCUT2D eigenvalue weighted by molar-refractivity contribution is 0.0950. The topological polar surface area (TPSA) is 81.9 Å². The minimum absolute atomic E-state index is 0.165. The Kier molecular flexibility index (Phi) is 4.86. The molecule has 6 heteroatoms. The van der Waals surface area contributed by atoms with Gasteiger partial charge in [0, 0.05) is 6.21 Å². The van der Waals surface area contributed by atoms with Crippen LogP contribution in [-0.2, 0) is 0 Å². The van der Waals surface area contributed by atoms with Gasteiger partial charge in [0.2, 0.25) is 0 Å². The maximum atomic E-state index is 13.5. The average Bonchev–Trinajstić information content (AvgIpc) is 2.35. The van der Waals surface area contributed by atoms with E-state index in [0.717, 1.165) is 12.1 Å². The monoisotopic (exact) mass is 268 g/mol. The van der Waals surface area contributed by atoms with E-state index in [1.54, 1.807) is 6.21 Å². The minimum atomic E-state index is -1.18. The first-order valence-corrected chi connectivity index (χ1v) is 5.88. The molecular formula is C13H17FN2O3. The van der Waals surface area contributed by atoms with Crippen LogP contribution in [0.3, 0.4) is 0 Å². The zero-order valence-corrected chi connectivity index (χ0v) is 11.0. The Morgan fingerprint density at radius 1 is 1.37 bits per heavy atom. The summed E-state index contributed by atoms with van der Waals surface area (Å²) in [5, 5.41) is 22.0. The number of aromatic hydroxyl groups is 2. The summed E-state index contributed by atoms with van der Waals surface area (Å²) in [5.74, 6) is -3.00. The molecule has 1 aromatic rings. The quantitative estimate of drug-likeness (QED) is 0.445. The molecule has 0 saturated carbocycles. The summed E-state index contributed by atoms with van der Waals surface area (Å²) in [6.07, 6.45) is 1.56. The van der Waals surface area contributed by atoms with E-state index in [1.165, 1.54) is 0 Å². The first-order chi connectivity index (χ1) is 8.84. The van der Waals surface area contributed by atoms with Gasteiger partial charge < -0.3 is 10.2 Å². The van der Waals surface area contributed by atoms with Crippen LogP contribution in [0.5, 0.6) is 11.5 Å². The fraction of sp³-hybridized carbons (Fsp3) is 0.385. The van der Waals surface area contributed by atoms with Crippen molar-refractivity contribution in [1.29, 1.82) is 0 Å². The van der Waals surface area contributed by atoms with Crippen LogP contribution in [0.15, 0.2) is 17.2 Å². The predicted octanol–water partition coefficient (Wildman–Crippen LogP) is 2.24. The highest BCUT2D eigenvalue weighted by atomic mass is 19.1. The molecule has 0 saturated heterocycles. The summed E-state index contributed by atoms with van der Waals surface area (Å²) in [5.41, 5.74) is 1.79. The SMILES string of the molecule is CC(C)C(C)C=NNC(=O)c1ccc(O)c(O)c1F. The van der Waals surface area contributed by atoms with Gasteiger partial charge >= 0.3 is 0 Å². The van der Waals surface area contributed by atoms with Gasteiger partial charge in [-0.15, -0.1) is 0 Å².